The van der Waals surface area contributed by atoms with Gasteiger partial charge >= 0.3 is 6.03 Å². The van der Waals surface area contributed by atoms with Crippen LogP contribution in [0.4, 0.5) is 19.4 Å². The predicted molar refractivity (Wildman–Crippen MR) is 264 cm³/mol. The Morgan fingerprint density at radius 1 is 1.00 bits per heavy atom. The molecule has 4 aromatic carbocycles. The van der Waals surface area contributed by atoms with Crippen molar-refractivity contribution in [3.8, 4) is 22.6 Å². The Bertz CT molecular complexity index is 2830. The van der Waals surface area contributed by atoms with Gasteiger partial charge < -0.3 is 30.3 Å². The molecule has 1 saturated carbocycles. The molecule has 0 radical (unpaired) electrons. The number of fused-ring (bicyclic) bond motifs is 2. The molecular formula is C53H61ClF2N8O6. The maximum Gasteiger partial charge on any atom is 0.329 e. The number of aryl methyl sites for hydroxylation is 1. The number of anilines is 1. The molecule has 1 aromatic heterocycles. The zero-order valence-electron chi connectivity index (χ0n) is 40.3. The lowest BCUT2D eigenvalue weighted by atomic mass is 9.77. The Hall–Kier alpha value is -6.10. The van der Waals surface area contributed by atoms with E-state index in [9.17, 15) is 19.2 Å². The van der Waals surface area contributed by atoms with Crippen LogP contribution in [0.15, 0.2) is 66.7 Å². The van der Waals surface area contributed by atoms with Crippen LogP contribution in [0.25, 0.3) is 22.0 Å². The lowest BCUT2D eigenvalue weighted by molar-refractivity contribution is -0.138. The summed E-state index contributed by atoms with van der Waals surface area (Å²) in [5.74, 6) is -2.36. The minimum Gasteiger partial charge on any atom is -0.494 e. The molecule has 14 nitrogen and oxygen atoms in total. The summed E-state index contributed by atoms with van der Waals surface area (Å²) >= 11 is 6.71. The van der Waals surface area contributed by atoms with E-state index in [1.807, 2.05) is 55.3 Å². The summed E-state index contributed by atoms with van der Waals surface area (Å²) in [7, 11) is 3.18. The van der Waals surface area contributed by atoms with Crippen molar-refractivity contribution in [2.75, 3.05) is 51.3 Å². The van der Waals surface area contributed by atoms with Gasteiger partial charge in [0.1, 0.15) is 11.6 Å². The SMILES string of the molecule is COc1ccc(C(N)=O)c(-c2c(Cl)c(F)cc3c2C(C)C(CNC2CCC(C(=O)N(CCN4CCC(c5ccc6c(N7CCC(=O)NC7=O)nn(C)c6c5)CC4)C(C)C)CC2)(c2ccccc2)O3)c1F. The third kappa shape index (κ3) is 9.09. The smallest absolute Gasteiger partial charge is 0.329 e. The van der Waals surface area contributed by atoms with Crippen molar-refractivity contribution in [3.63, 3.8) is 0 Å². The summed E-state index contributed by atoms with van der Waals surface area (Å²) in [6.45, 7) is 10.0. The Morgan fingerprint density at radius 3 is 2.40 bits per heavy atom. The number of carbonyl (C=O) groups excluding carboxylic acids is 4. The van der Waals surface area contributed by atoms with Crippen LogP contribution in [-0.4, -0.2) is 102 Å². The number of piperidine rings is 1. The molecule has 9 rings (SSSR count). The van der Waals surface area contributed by atoms with E-state index in [0.29, 0.717) is 36.9 Å². The first-order valence-electron chi connectivity index (χ1n) is 24.4. The average Bonchev–Trinajstić information content (AvgIpc) is 3.83. The molecule has 4 aliphatic rings. The number of likely N-dealkylation sites (tertiary alicyclic amines) is 1. The van der Waals surface area contributed by atoms with Crippen LogP contribution in [-0.2, 0) is 22.2 Å². The van der Waals surface area contributed by atoms with Gasteiger partial charge in [-0.2, -0.15) is 5.10 Å². The molecule has 4 heterocycles. The Balaban J connectivity index is 0.825. The number of halogens is 3. The van der Waals surface area contributed by atoms with Crippen molar-refractivity contribution >= 4 is 52.1 Å². The van der Waals surface area contributed by atoms with Crippen molar-refractivity contribution in [2.45, 2.75) is 95.2 Å². The van der Waals surface area contributed by atoms with Gasteiger partial charge in [-0.25, -0.2) is 13.6 Å². The number of primary amides is 1. The predicted octanol–water partition coefficient (Wildman–Crippen LogP) is 8.38. The lowest BCUT2D eigenvalue weighted by Crippen LogP contribution is -2.49. The number of rotatable bonds is 14. The van der Waals surface area contributed by atoms with E-state index >= 15 is 8.78 Å². The number of amides is 5. The molecule has 3 fully saturated rings. The van der Waals surface area contributed by atoms with Crippen LogP contribution < -0.4 is 30.7 Å². The number of benzene rings is 4. The molecule has 70 heavy (non-hydrogen) atoms. The van der Waals surface area contributed by atoms with E-state index < -0.39 is 35.1 Å². The van der Waals surface area contributed by atoms with E-state index in [0.717, 1.165) is 74.6 Å². The summed E-state index contributed by atoms with van der Waals surface area (Å²) in [4.78, 5) is 57.3. The second-order valence-electron chi connectivity index (χ2n) is 19.6. The van der Waals surface area contributed by atoms with Gasteiger partial charge in [0.2, 0.25) is 17.7 Å². The first-order chi connectivity index (χ1) is 33.6. The number of nitrogens with zero attached hydrogens (tertiary/aromatic N) is 5. The molecule has 2 atom stereocenters. The Morgan fingerprint density at radius 2 is 1.73 bits per heavy atom. The monoisotopic (exact) mass is 978 g/mol. The maximum absolute atomic E-state index is 16.3. The van der Waals surface area contributed by atoms with Crippen LogP contribution in [0.2, 0.25) is 5.02 Å². The molecule has 3 aliphatic heterocycles. The number of hydrogen-bond acceptors (Lipinski definition) is 9. The second kappa shape index (κ2) is 20.0. The number of ether oxygens (including phenoxy) is 2. The zero-order chi connectivity index (χ0) is 49.6. The van der Waals surface area contributed by atoms with Crippen LogP contribution in [0.3, 0.4) is 0 Å². The number of hydrogen-bond donors (Lipinski definition) is 3. The Labute approximate surface area is 411 Å². The van der Waals surface area contributed by atoms with E-state index in [4.69, 9.17) is 26.8 Å². The summed E-state index contributed by atoms with van der Waals surface area (Å²) in [6, 6.07) is 19.5. The number of imide groups is 1. The molecule has 0 bridgehead atoms. The Kier molecular flexibility index (Phi) is 13.9. The number of carbonyl (C=O) groups is 4. The van der Waals surface area contributed by atoms with Gasteiger partial charge in [-0.15, -0.1) is 0 Å². The largest absolute Gasteiger partial charge is 0.494 e. The maximum atomic E-state index is 16.3. The first-order valence-corrected chi connectivity index (χ1v) is 24.7. The van der Waals surface area contributed by atoms with Gasteiger partial charge in [0.15, 0.2) is 23.0 Å². The van der Waals surface area contributed by atoms with Gasteiger partial charge in [0.05, 0.1) is 23.2 Å². The molecule has 5 amide bonds. The van der Waals surface area contributed by atoms with Gasteiger partial charge in [0.25, 0.3) is 0 Å². The number of aromatic nitrogens is 2. The lowest BCUT2D eigenvalue weighted by Gasteiger charge is -2.39. The minimum atomic E-state index is -1.08. The number of methoxy groups -OCH3 is 1. The average molecular weight is 980 g/mol. The van der Waals surface area contributed by atoms with E-state index in [-0.39, 0.29) is 69.4 Å². The number of nitrogens with two attached hydrogens (primary N) is 1. The van der Waals surface area contributed by atoms with Crippen molar-refractivity contribution < 1.29 is 37.4 Å². The van der Waals surface area contributed by atoms with E-state index in [1.54, 1.807) is 4.68 Å². The standard InChI is InChI=1S/C53H61ClF2N8O6/c1-30(2)63(26-25-62-22-19-32(20-23-62)34-13-16-37-40(27-34)61(4)60-50(37)64-24-21-43(65)59-52(64)68)51(67)33-11-14-36(15-12-33)58-29-53(35-9-7-6-8-10-35)31(3)44-42(70-53)28-39(55)47(54)46(44)45-38(49(57)66)17-18-41(69-5)48(45)56/h6-10,13,16-18,27-28,30-33,36,58H,11-12,14-15,19-26,29H2,1-5H3,(H2,57,66)(H,59,65,68). The van der Waals surface area contributed by atoms with Crippen LogP contribution in [0.5, 0.6) is 11.5 Å². The highest BCUT2D eigenvalue weighted by atomic mass is 35.5. The van der Waals surface area contributed by atoms with Crippen LogP contribution in [0.1, 0.15) is 105 Å². The topological polar surface area (TPSA) is 164 Å². The van der Waals surface area contributed by atoms with E-state index in [2.05, 4.69) is 46.6 Å². The minimum absolute atomic E-state index is 0.00675. The summed E-state index contributed by atoms with van der Waals surface area (Å²) < 4.78 is 46.0. The molecule has 2 unspecified atom stereocenters. The first kappa shape index (κ1) is 48.9. The van der Waals surface area contributed by atoms with Gasteiger partial charge in [-0.1, -0.05) is 54.9 Å². The summed E-state index contributed by atoms with van der Waals surface area (Å²) in [5, 5.41) is 11.3. The zero-order valence-corrected chi connectivity index (χ0v) is 41.1. The molecule has 0 spiro atoms. The molecule has 370 valence electrons. The van der Waals surface area contributed by atoms with Crippen LogP contribution in [0, 0.1) is 17.6 Å². The van der Waals surface area contributed by atoms with Gasteiger partial charge in [0, 0.05) is 91.7 Å². The van der Waals surface area contributed by atoms with Crippen molar-refractivity contribution in [1.82, 2.24) is 30.2 Å². The normalized spacial score (nSPS) is 22.0. The van der Waals surface area contributed by atoms with E-state index in [1.165, 1.54) is 35.8 Å². The fourth-order valence-electron chi connectivity index (χ4n) is 11.3. The molecule has 2 saturated heterocycles. The third-order valence-corrected chi connectivity index (χ3v) is 15.6. The van der Waals surface area contributed by atoms with Crippen molar-refractivity contribution in [3.05, 3.63) is 106 Å². The fraction of sp³-hybridized carbons (Fsp3) is 0.453. The molecular weight excluding hydrogens is 918 g/mol. The summed E-state index contributed by atoms with van der Waals surface area (Å²) in [5.41, 5.74) is 7.70. The third-order valence-electron chi connectivity index (χ3n) is 15.3. The quantitative estimate of drug-likeness (QED) is 0.0992. The molecule has 4 N–H and O–H groups in total. The number of nitrogens with one attached hydrogen (secondary N) is 2. The number of urea groups is 1. The molecule has 17 heteroatoms. The molecule has 1 aliphatic carbocycles. The highest BCUT2D eigenvalue weighted by molar-refractivity contribution is 6.34. The highest BCUT2D eigenvalue weighted by Gasteiger charge is 2.50. The fourth-order valence-corrected chi connectivity index (χ4v) is 11.5. The van der Waals surface area contributed by atoms with Crippen molar-refractivity contribution in [2.24, 2.45) is 18.7 Å². The molecule has 5 aromatic rings. The second-order valence-corrected chi connectivity index (χ2v) is 19.9. The van der Waals surface area contributed by atoms with Crippen LogP contribution >= 0.6 is 11.6 Å². The van der Waals surface area contributed by atoms with Gasteiger partial charge in [-0.3, -0.25) is 29.3 Å². The van der Waals surface area contributed by atoms with Crippen molar-refractivity contribution in [1.29, 1.82) is 0 Å². The van der Waals surface area contributed by atoms with Gasteiger partial charge in [-0.05, 0) is 107 Å². The highest BCUT2D eigenvalue weighted by Crippen LogP contribution is 2.56. The summed E-state index contributed by atoms with van der Waals surface area (Å²) in [6.07, 6.45) is 5.21.